The maximum atomic E-state index is 10.9. The van der Waals surface area contributed by atoms with Crippen LogP contribution in [0.5, 0.6) is 0 Å². The molecule has 0 fully saturated rings. The zero-order chi connectivity index (χ0) is 12.5. The third kappa shape index (κ3) is 5.19. The van der Waals surface area contributed by atoms with E-state index in [-0.39, 0.29) is 12.5 Å². The maximum absolute atomic E-state index is 10.9. The molecular formula is C14H18N2O. The lowest BCUT2D eigenvalue weighted by Crippen LogP contribution is -2.30. The van der Waals surface area contributed by atoms with Crippen LogP contribution in [0.3, 0.4) is 0 Å². The zero-order valence-electron chi connectivity index (χ0n) is 9.91. The number of terminal acetylenes is 1. The highest BCUT2D eigenvalue weighted by atomic mass is 16.1. The van der Waals surface area contributed by atoms with Crippen molar-refractivity contribution in [3.8, 4) is 12.3 Å². The zero-order valence-corrected chi connectivity index (χ0v) is 9.91. The lowest BCUT2D eigenvalue weighted by Gasteiger charge is -2.04. The molecule has 0 saturated carbocycles. The van der Waals surface area contributed by atoms with Gasteiger partial charge in [-0.25, -0.2) is 0 Å². The fourth-order valence-electron chi connectivity index (χ4n) is 1.57. The third-order valence-electron chi connectivity index (χ3n) is 2.49. The summed E-state index contributed by atoms with van der Waals surface area (Å²) in [6, 6.07) is 7.99. The van der Waals surface area contributed by atoms with Gasteiger partial charge in [-0.3, -0.25) is 4.79 Å². The molecule has 17 heavy (non-hydrogen) atoms. The highest BCUT2D eigenvalue weighted by Crippen LogP contribution is 2.07. The standard InChI is InChI=1S/C14H18N2O/c1-2-12-7-5-8-13(10-12)6-3-4-9-16-14(17)11-15/h1,5,7-8,10H,3-4,6,9,11,15H2,(H,16,17). The summed E-state index contributed by atoms with van der Waals surface area (Å²) < 4.78 is 0. The Morgan fingerprint density at radius 1 is 1.41 bits per heavy atom. The maximum Gasteiger partial charge on any atom is 0.233 e. The van der Waals surface area contributed by atoms with E-state index < -0.39 is 0 Å². The smallest absolute Gasteiger partial charge is 0.233 e. The number of amides is 1. The van der Waals surface area contributed by atoms with Gasteiger partial charge in [0.15, 0.2) is 0 Å². The van der Waals surface area contributed by atoms with Crippen molar-refractivity contribution >= 4 is 5.91 Å². The highest BCUT2D eigenvalue weighted by Gasteiger charge is 1.97. The van der Waals surface area contributed by atoms with Crippen LogP contribution in [0.15, 0.2) is 24.3 Å². The van der Waals surface area contributed by atoms with Crippen LogP contribution in [0.25, 0.3) is 0 Å². The first kappa shape index (κ1) is 13.3. The third-order valence-corrected chi connectivity index (χ3v) is 2.49. The van der Waals surface area contributed by atoms with Gasteiger partial charge in [0.25, 0.3) is 0 Å². The van der Waals surface area contributed by atoms with Crippen molar-refractivity contribution in [2.24, 2.45) is 5.73 Å². The van der Waals surface area contributed by atoms with Gasteiger partial charge in [0, 0.05) is 12.1 Å². The summed E-state index contributed by atoms with van der Waals surface area (Å²) in [5, 5.41) is 2.74. The van der Waals surface area contributed by atoms with E-state index in [0.29, 0.717) is 6.54 Å². The molecule has 0 spiro atoms. The highest BCUT2D eigenvalue weighted by molar-refractivity contribution is 5.77. The van der Waals surface area contributed by atoms with Crippen molar-refractivity contribution in [3.63, 3.8) is 0 Å². The summed E-state index contributed by atoms with van der Waals surface area (Å²) in [5.41, 5.74) is 7.34. The molecule has 0 atom stereocenters. The molecule has 1 aromatic carbocycles. The lowest BCUT2D eigenvalue weighted by atomic mass is 10.1. The van der Waals surface area contributed by atoms with Crippen LogP contribution in [0.4, 0.5) is 0 Å². The monoisotopic (exact) mass is 230 g/mol. The number of benzene rings is 1. The summed E-state index contributed by atoms with van der Waals surface area (Å²) in [7, 11) is 0. The van der Waals surface area contributed by atoms with Crippen LogP contribution in [0, 0.1) is 12.3 Å². The van der Waals surface area contributed by atoms with Gasteiger partial charge in [0.2, 0.25) is 5.91 Å². The van der Waals surface area contributed by atoms with Crippen LogP contribution in [-0.2, 0) is 11.2 Å². The van der Waals surface area contributed by atoms with Crippen LogP contribution in [-0.4, -0.2) is 19.0 Å². The minimum Gasteiger partial charge on any atom is -0.355 e. The van der Waals surface area contributed by atoms with Crippen LogP contribution in [0.2, 0.25) is 0 Å². The Labute approximate surface area is 102 Å². The quantitative estimate of drug-likeness (QED) is 0.567. The Kier molecular flexibility index (Phi) is 5.84. The number of carbonyl (C=O) groups excluding carboxylic acids is 1. The molecule has 0 aromatic heterocycles. The van der Waals surface area contributed by atoms with Gasteiger partial charge in [0.05, 0.1) is 6.54 Å². The van der Waals surface area contributed by atoms with E-state index >= 15 is 0 Å². The Morgan fingerprint density at radius 2 is 2.24 bits per heavy atom. The fourth-order valence-corrected chi connectivity index (χ4v) is 1.57. The van der Waals surface area contributed by atoms with E-state index in [1.54, 1.807) is 0 Å². The van der Waals surface area contributed by atoms with Crippen molar-refractivity contribution < 1.29 is 4.79 Å². The second-order valence-electron chi connectivity index (χ2n) is 3.86. The Morgan fingerprint density at radius 3 is 2.94 bits per heavy atom. The first-order valence-electron chi connectivity index (χ1n) is 5.78. The summed E-state index contributed by atoms with van der Waals surface area (Å²) in [4.78, 5) is 10.9. The molecule has 0 aliphatic carbocycles. The Bertz CT molecular complexity index is 407. The van der Waals surface area contributed by atoms with Crippen molar-refractivity contribution in [1.29, 1.82) is 0 Å². The number of carbonyl (C=O) groups is 1. The van der Waals surface area contributed by atoms with E-state index in [1.807, 2.05) is 18.2 Å². The van der Waals surface area contributed by atoms with Gasteiger partial charge in [0.1, 0.15) is 0 Å². The second kappa shape index (κ2) is 7.48. The van der Waals surface area contributed by atoms with E-state index in [4.69, 9.17) is 12.2 Å². The molecule has 0 radical (unpaired) electrons. The van der Waals surface area contributed by atoms with Gasteiger partial charge in [-0.15, -0.1) is 6.42 Å². The van der Waals surface area contributed by atoms with Crippen LogP contribution < -0.4 is 11.1 Å². The summed E-state index contributed by atoms with van der Waals surface area (Å²) in [5.74, 6) is 2.52. The number of rotatable bonds is 6. The van der Waals surface area contributed by atoms with Crippen molar-refractivity contribution in [3.05, 3.63) is 35.4 Å². The fraction of sp³-hybridized carbons (Fsp3) is 0.357. The van der Waals surface area contributed by atoms with Gasteiger partial charge in [-0.1, -0.05) is 18.1 Å². The molecule has 0 aliphatic rings. The number of nitrogens with one attached hydrogen (secondary N) is 1. The van der Waals surface area contributed by atoms with Gasteiger partial charge >= 0.3 is 0 Å². The van der Waals surface area contributed by atoms with Gasteiger partial charge in [-0.05, 0) is 37.0 Å². The van der Waals surface area contributed by atoms with E-state index in [0.717, 1.165) is 24.8 Å². The first-order chi connectivity index (χ1) is 8.26. The van der Waals surface area contributed by atoms with E-state index in [9.17, 15) is 4.79 Å². The summed E-state index contributed by atoms with van der Waals surface area (Å²) in [6.45, 7) is 0.745. The SMILES string of the molecule is C#Cc1cccc(CCCCNC(=O)CN)c1. The van der Waals surface area contributed by atoms with Gasteiger partial charge < -0.3 is 11.1 Å². The average Bonchev–Trinajstić information content (AvgIpc) is 2.38. The Balaban J connectivity index is 2.22. The molecule has 3 nitrogen and oxygen atoms in total. The number of unbranched alkanes of at least 4 members (excludes halogenated alkanes) is 1. The number of hydrogen-bond donors (Lipinski definition) is 2. The van der Waals surface area contributed by atoms with E-state index in [2.05, 4.69) is 17.3 Å². The molecule has 1 aromatic rings. The molecule has 0 unspecified atom stereocenters. The predicted molar refractivity (Wildman–Crippen MR) is 69.4 cm³/mol. The van der Waals surface area contributed by atoms with Crippen molar-refractivity contribution in [2.75, 3.05) is 13.1 Å². The van der Waals surface area contributed by atoms with Crippen LogP contribution in [0.1, 0.15) is 24.0 Å². The molecule has 3 heteroatoms. The molecule has 1 amide bonds. The molecule has 90 valence electrons. The number of hydrogen-bond acceptors (Lipinski definition) is 2. The molecular weight excluding hydrogens is 212 g/mol. The Hall–Kier alpha value is -1.79. The van der Waals surface area contributed by atoms with E-state index in [1.165, 1.54) is 5.56 Å². The normalized spacial score (nSPS) is 9.65. The number of aryl methyl sites for hydroxylation is 1. The van der Waals surface area contributed by atoms with Crippen molar-refractivity contribution in [2.45, 2.75) is 19.3 Å². The van der Waals surface area contributed by atoms with Crippen LogP contribution >= 0.6 is 0 Å². The second-order valence-corrected chi connectivity index (χ2v) is 3.86. The average molecular weight is 230 g/mol. The largest absolute Gasteiger partial charge is 0.355 e. The summed E-state index contributed by atoms with van der Waals surface area (Å²) in [6.07, 6.45) is 8.29. The molecule has 0 aliphatic heterocycles. The predicted octanol–water partition coefficient (Wildman–Crippen LogP) is 1.07. The minimum absolute atomic E-state index is 0.0597. The molecule has 0 heterocycles. The van der Waals surface area contributed by atoms with Crippen molar-refractivity contribution in [1.82, 2.24) is 5.32 Å². The molecule has 3 N–H and O–H groups in total. The molecule has 0 bridgehead atoms. The molecule has 0 saturated heterocycles. The minimum atomic E-state index is -0.0978. The molecule has 1 rings (SSSR count). The first-order valence-corrected chi connectivity index (χ1v) is 5.78. The lowest BCUT2D eigenvalue weighted by molar-refractivity contribution is -0.119. The number of nitrogens with two attached hydrogens (primary N) is 1. The topological polar surface area (TPSA) is 55.1 Å². The summed E-state index contributed by atoms with van der Waals surface area (Å²) >= 11 is 0. The van der Waals surface area contributed by atoms with Gasteiger partial charge in [-0.2, -0.15) is 0 Å².